The fourth-order valence-electron chi connectivity index (χ4n) is 3.98. The average Bonchev–Trinajstić information content (AvgIpc) is 3.73. The molecule has 4 heterocycles. The molecule has 40 heavy (non-hydrogen) atoms. The molecule has 0 saturated carbocycles. The number of rotatable bonds is 4. The minimum absolute atomic E-state index is 0.0361. The highest BCUT2D eigenvalue weighted by Gasteiger charge is 2.32. The van der Waals surface area contributed by atoms with Crippen molar-refractivity contribution in [2.24, 2.45) is 0 Å². The highest BCUT2D eigenvalue weighted by molar-refractivity contribution is 6.77. The van der Waals surface area contributed by atoms with Crippen LogP contribution in [0.15, 0.2) is 53.3 Å². The number of ketones is 1. The number of halogens is 4. The first-order valence-electron chi connectivity index (χ1n) is 11.8. The van der Waals surface area contributed by atoms with Gasteiger partial charge in [-0.05, 0) is 49.2 Å². The van der Waals surface area contributed by atoms with Gasteiger partial charge in [0, 0.05) is 37.0 Å². The Morgan fingerprint density at radius 1 is 1.07 bits per heavy atom. The molecule has 1 saturated heterocycles. The Bertz CT molecular complexity index is 1590. The number of piperidine rings is 1. The lowest BCUT2D eigenvalue weighted by Crippen LogP contribution is -2.39. The summed E-state index contributed by atoms with van der Waals surface area (Å²) >= 11 is 16.0. The highest BCUT2D eigenvalue weighted by atomic mass is 35.6. The summed E-state index contributed by atoms with van der Waals surface area (Å²) in [5, 5.41) is 21.4. The molecule has 5 rings (SSSR count). The molecule has 0 spiro atoms. The van der Waals surface area contributed by atoms with Crippen molar-refractivity contribution in [1.82, 2.24) is 25.0 Å². The number of benzene rings is 1. The van der Waals surface area contributed by atoms with E-state index in [0.29, 0.717) is 47.2 Å². The number of hydrogen-bond donors (Lipinski definition) is 2. The molecule has 1 atom stereocenters. The molecule has 10 nitrogen and oxygen atoms in total. The van der Waals surface area contributed by atoms with Gasteiger partial charge in [0.05, 0.1) is 16.8 Å². The van der Waals surface area contributed by atoms with E-state index in [2.05, 4.69) is 20.1 Å². The summed E-state index contributed by atoms with van der Waals surface area (Å²) in [6.07, 6.45) is 4.61. The number of alkyl halides is 3. The Labute approximate surface area is 242 Å². The van der Waals surface area contributed by atoms with Crippen molar-refractivity contribution in [3.63, 3.8) is 0 Å². The SMILES string of the molecule is N#Cc1c[nH]c(-c2nc([C@H]3CCCN(C(=O)c4ccc(F)cc4)C3)no2)c1.N#Cc1c[nH]c(C(=O)C(Cl)(Cl)Cl)c1. The van der Waals surface area contributed by atoms with Crippen LogP contribution in [-0.4, -0.2) is 53.6 Å². The molecule has 1 aliphatic rings. The van der Waals surface area contributed by atoms with Gasteiger partial charge in [0.15, 0.2) is 5.82 Å². The second-order valence-electron chi connectivity index (χ2n) is 8.71. The summed E-state index contributed by atoms with van der Waals surface area (Å²) in [5.41, 5.74) is 1.95. The molecule has 1 amide bonds. The third-order valence-corrected chi connectivity index (χ3v) is 6.48. The van der Waals surface area contributed by atoms with Crippen LogP contribution in [0, 0.1) is 28.5 Å². The topological polar surface area (TPSA) is 155 Å². The molecule has 204 valence electrons. The number of Topliss-reactive ketones (excluding diaryl/α,β-unsaturated/α-hetero) is 1. The number of amides is 1. The van der Waals surface area contributed by atoms with Gasteiger partial charge >= 0.3 is 0 Å². The summed E-state index contributed by atoms with van der Waals surface area (Å²) in [6, 6.07) is 12.4. The van der Waals surface area contributed by atoms with Crippen LogP contribution in [0.2, 0.25) is 0 Å². The monoisotopic (exact) mass is 601 g/mol. The van der Waals surface area contributed by atoms with Gasteiger partial charge in [-0.3, -0.25) is 9.59 Å². The van der Waals surface area contributed by atoms with E-state index in [1.165, 1.54) is 36.5 Å². The van der Waals surface area contributed by atoms with Crippen LogP contribution in [0.4, 0.5) is 4.39 Å². The molecular formula is C26H19Cl3FN7O3. The lowest BCUT2D eigenvalue weighted by Gasteiger charge is -2.31. The van der Waals surface area contributed by atoms with Crippen molar-refractivity contribution in [3.8, 4) is 23.7 Å². The molecule has 1 aliphatic heterocycles. The fraction of sp³-hybridized carbons (Fsp3) is 0.231. The maximum absolute atomic E-state index is 13.1. The van der Waals surface area contributed by atoms with Crippen LogP contribution in [0.1, 0.15) is 56.6 Å². The van der Waals surface area contributed by atoms with Gasteiger partial charge in [-0.2, -0.15) is 15.5 Å². The Morgan fingerprint density at radius 3 is 2.38 bits per heavy atom. The van der Waals surface area contributed by atoms with Crippen LogP contribution < -0.4 is 0 Å². The molecule has 1 aromatic carbocycles. The Morgan fingerprint density at radius 2 is 1.75 bits per heavy atom. The molecule has 4 aromatic rings. The molecule has 0 unspecified atom stereocenters. The molecule has 1 fully saturated rings. The lowest BCUT2D eigenvalue weighted by atomic mass is 9.96. The number of aromatic nitrogens is 4. The number of nitrogens with one attached hydrogen (secondary N) is 2. The van der Waals surface area contributed by atoms with Crippen LogP contribution in [0.5, 0.6) is 0 Å². The number of carbonyl (C=O) groups is 2. The van der Waals surface area contributed by atoms with E-state index in [1.54, 1.807) is 17.2 Å². The van der Waals surface area contributed by atoms with E-state index in [1.807, 2.05) is 12.1 Å². The Balaban J connectivity index is 0.000000240. The first-order chi connectivity index (χ1) is 19.1. The number of H-pyrrole nitrogens is 2. The van der Waals surface area contributed by atoms with Gasteiger partial charge < -0.3 is 19.4 Å². The second-order valence-corrected chi connectivity index (χ2v) is 11.0. The van der Waals surface area contributed by atoms with Crippen LogP contribution in [-0.2, 0) is 0 Å². The third kappa shape index (κ3) is 6.88. The van der Waals surface area contributed by atoms with Crippen molar-refractivity contribution in [2.75, 3.05) is 13.1 Å². The minimum atomic E-state index is -1.99. The third-order valence-electron chi connectivity index (χ3n) is 5.96. The van der Waals surface area contributed by atoms with Gasteiger partial charge in [-0.1, -0.05) is 40.0 Å². The standard InChI is InChI=1S/C19H16FN5O2.C7H3Cl3N2O/c20-15-5-3-13(4-6-15)19(26)25-7-1-2-14(11-25)17-23-18(27-24-17)16-8-12(9-21)10-22-16;8-7(9,10)6(13)5-1-4(2-11)3-12-5/h3-6,8,10,14,22H,1-2,7,11H2;1,3,12H/t14-;/m0./s1. The predicted molar refractivity (Wildman–Crippen MR) is 143 cm³/mol. The molecule has 14 heteroatoms. The van der Waals surface area contributed by atoms with Gasteiger partial charge in [-0.25, -0.2) is 4.39 Å². The summed E-state index contributed by atoms with van der Waals surface area (Å²) < 4.78 is 16.4. The van der Waals surface area contributed by atoms with Gasteiger partial charge in [0.2, 0.25) is 5.78 Å². The lowest BCUT2D eigenvalue weighted by molar-refractivity contribution is 0.0703. The van der Waals surface area contributed by atoms with Crippen molar-refractivity contribution in [3.05, 3.63) is 82.8 Å². The number of likely N-dealkylation sites (tertiary alicyclic amines) is 1. The Kier molecular flexibility index (Phi) is 8.90. The quantitative estimate of drug-likeness (QED) is 0.230. The largest absolute Gasteiger partial charge is 0.357 e. The molecule has 3 aromatic heterocycles. The van der Waals surface area contributed by atoms with E-state index < -0.39 is 9.58 Å². The van der Waals surface area contributed by atoms with Crippen molar-refractivity contribution in [2.45, 2.75) is 22.6 Å². The molecular weight excluding hydrogens is 584 g/mol. The summed E-state index contributed by atoms with van der Waals surface area (Å²) in [4.78, 5) is 35.5. The molecule has 0 radical (unpaired) electrons. The number of nitrogens with zero attached hydrogens (tertiary/aromatic N) is 5. The van der Waals surface area contributed by atoms with E-state index in [0.717, 1.165) is 12.8 Å². The predicted octanol–water partition coefficient (Wildman–Crippen LogP) is 5.53. The number of nitriles is 2. The van der Waals surface area contributed by atoms with Gasteiger partial charge in [-0.15, -0.1) is 0 Å². The summed E-state index contributed by atoms with van der Waals surface area (Å²) in [5.74, 6) is -0.369. The zero-order valence-corrected chi connectivity index (χ0v) is 22.8. The molecule has 2 N–H and O–H groups in total. The summed E-state index contributed by atoms with van der Waals surface area (Å²) in [7, 11) is 0. The van der Waals surface area contributed by atoms with E-state index in [9.17, 15) is 14.0 Å². The number of aromatic amines is 2. The second kappa shape index (κ2) is 12.3. The fourth-order valence-corrected chi connectivity index (χ4v) is 4.29. The van der Waals surface area contributed by atoms with Gasteiger partial charge in [0.1, 0.15) is 23.6 Å². The smallest absolute Gasteiger partial charge is 0.274 e. The van der Waals surface area contributed by atoms with E-state index in [4.69, 9.17) is 49.8 Å². The maximum Gasteiger partial charge on any atom is 0.274 e. The normalized spacial score (nSPS) is 14.9. The van der Waals surface area contributed by atoms with E-state index in [-0.39, 0.29) is 23.3 Å². The van der Waals surface area contributed by atoms with Crippen molar-refractivity contribution < 1.29 is 18.5 Å². The molecule has 0 bridgehead atoms. The van der Waals surface area contributed by atoms with Crippen LogP contribution >= 0.6 is 34.8 Å². The summed E-state index contributed by atoms with van der Waals surface area (Å²) in [6.45, 7) is 1.11. The number of carbonyl (C=O) groups excluding carboxylic acids is 2. The van der Waals surface area contributed by atoms with E-state index >= 15 is 0 Å². The zero-order chi connectivity index (χ0) is 28.9. The van der Waals surface area contributed by atoms with Crippen LogP contribution in [0.25, 0.3) is 11.6 Å². The highest BCUT2D eigenvalue weighted by Crippen LogP contribution is 2.30. The first-order valence-corrected chi connectivity index (χ1v) is 12.9. The first kappa shape index (κ1) is 28.8. The van der Waals surface area contributed by atoms with Crippen LogP contribution in [0.3, 0.4) is 0 Å². The number of hydrogen-bond acceptors (Lipinski definition) is 7. The zero-order valence-electron chi connectivity index (χ0n) is 20.5. The average molecular weight is 603 g/mol. The van der Waals surface area contributed by atoms with Crippen molar-refractivity contribution in [1.29, 1.82) is 10.5 Å². The van der Waals surface area contributed by atoms with Gasteiger partial charge in [0.25, 0.3) is 15.6 Å². The Hall–Kier alpha value is -4.16. The maximum atomic E-state index is 13.1. The molecule has 0 aliphatic carbocycles. The van der Waals surface area contributed by atoms with Crippen molar-refractivity contribution >= 4 is 46.5 Å². The minimum Gasteiger partial charge on any atom is -0.357 e.